The largest absolute Gasteiger partial charge is 0.475 e. The standard InChI is InChI=1S/C24H22FN3O2/c1-17(2)30-23-11-10-21(14-27-23)24(29)28(16-20-4-3-5-22(25)12-20)15-19-8-6-18(13-26)7-9-19/h3-12,14,17H,15-16H2,1-2H3. The molecule has 0 bridgehead atoms. The molecule has 0 unspecified atom stereocenters. The Hall–Kier alpha value is -3.72. The molecule has 5 nitrogen and oxygen atoms in total. The van der Waals surface area contributed by atoms with E-state index in [4.69, 9.17) is 10.00 Å². The van der Waals surface area contributed by atoms with Crippen LogP contribution in [0.25, 0.3) is 0 Å². The van der Waals surface area contributed by atoms with Gasteiger partial charge in [-0.2, -0.15) is 5.26 Å². The number of rotatable bonds is 7. The molecule has 0 aliphatic heterocycles. The van der Waals surface area contributed by atoms with Crippen molar-refractivity contribution >= 4 is 5.91 Å². The van der Waals surface area contributed by atoms with Gasteiger partial charge in [-0.1, -0.05) is 24.3 Å². The molecule has 1 amide bonds. The molecular formula is C24H22FN3O2. The van der Waals surface area contributed by atoms with Crippen molar-refractivity contribution in [2.75, 3.05) is 0 Å². The number of amides is 1. The van der Waals surface area contributed by atoms with Crippen LogP contribution in [0.2, 0.25) is 0 Å². The van der Waals surface area contributed by atoms with Crippen LogP contribution in [-0.2, 0) is 13.1 Å². The summed E-state index contributed by atoms with van der Waals surface area (Å²) in [5.41, 5.74) is 2.51. The third-order valence-corrected chi connectivity index (χ3v) is 4.35. The summed E-state index contributed by atoms with van der Waals surface area (Å²) in [4.78, 5) is 19.0. The fourth-order valence-corrected chi connectivity index (χ4v) is 2.96. The van der Waals surface area contributed by atoms with Crippen molar-refractivity contribution in [1.29, 1.82) is 5.26 Å². The Labute approximate surface area is 175 Å². The molecule has 3 rings (SSSR count). The van der Waals surface area contributed by atoms with E-state index in [1.165, 1.54) is 18.3 Å². The Balaban J connectivity index is 1.85. The van der Waals surface area contributed by atoms with Crippen LogP contribution in [0, 0.1) is 17.1 Å². The first-order valence-corrected chi connectivity index (χ1v) is 9.60. The molecule has 0 N–H and O–H groups in total. The van der Waals surface area contributed by atoms with E-state index in [0.29, 0.717) is 29.1 Å². The Morgan fingerprint density at radius 1 is 1.10 bits per heavy atom. The zero-order valence-electron chi connectivity index (χ0n) is 16.9. The summed E-state index contributed by atoms with van der Waals surface area (Å²) in [7, 11) is 0. The van der Waals surface area contributed by atoms with Gasteiger partial charge in [-0.15, -0.1) is 0 Å². The van der Waals surface area contributed by atoms with Crippen LogP contribution in [0.4, 0.5) is 4.39 Å². The summed E-state index contributed by atoms with van der Waals surface area (Å²) in [6.07, 6.45) is 1.47. The lowest BCUT2D eigenvalue weighted by molar-refractivity contribution is 0.0729. The molecule has 3 aromatic rings. The number of halogens is 1. The minimum absolute atomic E-state index is 0.0140. The van der Waals surface area contributed by atoms with E-state index < -0.39 is 0 Å². The summed E-state index contributed by atoms with van der Waals surface area (Å²) >= 11 is 0. The number of carbonyl (C=O) groups excluding carboxylic acids is 1. The van der Waals surface area contributed by atoms with Crippen LogP contribution in [0.3, 0.4) is 0 Å². The molecule has 0 aliphatic rings. The molecule has 152 valence electrons. The van der Waals surface area contributed by atoms with Gasteiger partial charge in [0, 0.05) is 25.4 Å². The van der Waals surface area contributed by atoms with E-state index in [0.717, 1.165) is 5.56 Å². The van der Waals surface area contributed by atoms with Crippen molar-refractivity contribution in [3.8, 4) is 11.9 Å². The zero-order valence-corrected chi connectivity index (χ0v) is 16.9. The van der Waals surface area contributed by atoms with Gasteiger partial charge < -0.3 is 9.64 Å². The molecule has 0 spiro atoms. The Kier molecular flexibility index (Phi) is 6.76. The first-order valence-electron chi connectivity index (χ1n) is 9.60. The first kappa shape index (κ1) is 21.0. The molecule has 0 saturated heterocycles. The maximum absolute atomic E-state index is 13.6. The number of aromatic nitrogens is 1. The van der Waals surface area contributed by atoms with Crippen molar-refractivity contribution in [2.45, 2.75) is 33.0 Å². The molecule has 0 atom stereocenters. The van der Waals surface area contributed by atoms with Crippen molar-refractivity contribution in [3.05, 3.63) is 94.9 Å². The van der Waals surface area contributed by atoms with Gasteiger partial charge in [0.15, 0.2) is 0 Å². The fourth-order valence-electron chi connectivity index (χ4n) is 2.96. The summed E-state index contributed by atoms with van der Waals surface area (Å²) in [6, 6.07) is 18.6. The molecule has 6 heteroatoms. The number of nitrogens with zero attached hydrogens (tertiary/aromatic N) is 3. The third kappa shape index (κ3) is 5.65. The molecule has 2 aromatic carbocycles. The third-order valence-electron chi connectivity index (χ3n) is 4.35. The molecule has 0 fully saturated rings. The molecule has 1 heterocycles. The minimum Gasteiger partial charge on any atom is -0.475 e. The normalized spacial score (nSPS) is 10.5. The van der Waals surface area contributed by atoms with Crippen LogP contribution in [0.1, 0.15) is 40.9 Å². The molecule has 0 radical (unpaired) electrons. The van der Waals surface area contributed by atoms with Gasteiger partial charge >= 0.3 is 0 Å². The summed E-state index contributed by atoms with van der Waals surface area (Å²) in [6.45, 7) is 4.35. The number of nitriles is 1. The van der Waals surface area contributed by atoms with Crippen LogP contribution in [0.5, 0.6) is 5.88 Å². The van der Waals surface area contributed by atoms with Gasteiger partial charge in [-0.3, -0.25) is 4.79 Å². The van der Waals surface area contributed by atoms with Crippen molar-refractivity contribution in [1.82, 2.24) is 9.88 Å². The highest BCUT2D eigenvalue weighted by molar-refractivity contribution is 5.94. The van der Waals surface area contributed by atoms with E-state index in [-0.39, 0.29) is 24.4 Å². The van der Waals surface area contributed by atoms with Gasteiger partial charge in [-0.05, 0) is 55.3 Å². The fraction of sp³-hybridized carbons (Fsp3) is 0.208. The second-order valence-electron chi connectivity index (χ2n) is 7.15. The smallest absolute Gasteiger partial charge is 0.256 e. The number of ether oxygens (including phenoxy) is 1. The maximum atomic E-state index is 13.6. The summed E-state index contributed by atoms with van der Waals surface area (Å²) in [5, 5.41) is 8.98. The summed E-state index contributed by atoms with van der Waals surface area (Å²) in [5.74, 6) is -0.132. The number of hydrogen-bond donors (Lipinski definition) is 0. The number of pyridine rings is 1. The van der Waals surface area contributed by atoms with Crippen molar-refractivity contribution in [3.63, 3.8) is 0 Å². The molecule has 0 saturated carbocycles. The highest BCUT2D eigenvalue weighted by Crippen LogP contribution is 2.17. The zero-order chi connectivity index (χ0) is 21.5. The molecular weight excluding hydrogens is 381 g/mol. The predicted octanol–water partition coefficient (Wildman–Crippen LogP) is 4.72. The van der Waals surface area contributed by atoms with Gasteiger partial charge in [0.2, 0.25) is 5.88 Å². The first-order chi connectivity index (χ1) is 14.4. The lowest BCUT2D eigenvalue weighted by Crippen LogP contribution is -2.30. The lowest BCUT2D eigenvalue weighted by Gasteiger charge is -2.23. The van der Waals surface area contributed by atoms with Gasteiger partial charge in [-0.25, -0.2) is 9.37 Å². The molecule has 0 aliphatic carbocycles. The van der Waals surface area contributed by atoms with E-state index in [1.54, 1.807) is 41.3 Å². The van der Waals surface area contributed by atoms with E-state index in [1.807, 2.05) is 26.0 Å². The highest BCUT2D eigenvalue weighted by atomic mass is 19.1. The SMILES string of the molecule is CC(C)Oc1ccc(C(=O)N(Cc2ccc(C#N)cc2)Cc2cccc(F)c2)cn1. The van der Waals surface area contributed by atoms with E-state index in [9.17, 15) is 9.18 Å². The topological polar surface area (TPSA) is 66.2 Å². The lowest BCUT2D eigenvalue weighted by atomic mass is 10.1. The average molecular weight is 403 g/mol. The monoisotopic (exact) mass is 403 g/mol. The van der Waals surface area contributed by atoms with Crippen LogP contribution in [0.15, 0.2) is 66.9 Å². The van der Waals surface area contributed by atoms with Crippen LogP contribution >= 0.6 is 0 Å². The van der Waals surface area contributed by atoms with Crippen molar-refractivity contribution < 1.29 is 13.9 Å². The van der Waals surface area contributed by atoms with E-state index in [2.05, 4.69) is 11.1 Å². The van der Waals surface area contributed by atoms with E-state index >= 15 is 0 Å². The summed E-state index contributed by atoms with van der Waals surface area (Å²) < 4.78 is 19.2. The number of benzene rings is 2. The van der Waals surface area contributed by atoms with Crippen molar-refractivity contribution in [2.24, 2.45) is 0 Å². The number of carbonyl (C=O) groups is 1. The molecule has 1 aromatic heterocycles. The Morgan fingerprint density at radius 2 is 1.83 bits per heavy atom. The second kappa shape index (κ2) is 9.66. The minimum atomic E-state index is -0.352. The average Bonchev–Trinajstić information content (AvgIpc) is 2.73. The second-order valence-corrected chi connectivity index (χ2v) is 7.15. The highest BCUT2D eigenvalue weighted by Gasteiger charge is 2.18. The Morgan fingerprint density at radius 3 is 2.43 bits per heavy atom. The number of hydrogen-bond acceptors (Lipinski definition) is 4. The van der Waals surface area contributed by atoms with Gasteiger partial charge in [0.1, 0.15) is 5.82 Å². The molecule has 30 heavy (non-hydrogen) atoms. The predicted molar refractivity (Wildman–Crippen MR) is 111 cm³/mol. The van der Waals surface area contributed by atoms with Crippen LogP contribution in [-0.4, -0.2) is 21.9 Å². The quantitative estimate of drug-likeness (QED) is 0.572. The van der Waals surface area contributed by atoms with Gasteiger partial charge in [0.25, 0.3) is 5.91 Å². The van der Waals surface area contributed by atoms with Crippen LogP contribution < -0.4 is 4.74 Å². The maximum Gasteiger partial charge on any atom is 0.256 e. The Bertz CT molecular complexity index is 1040. The van der Waals surface area contributed by atoms with Gasteiger partial charge in [0.05, 0.1) is 23.3 Å².